The number of carbonyl (C=O) groups is 4. The Morgan fingerprint density at radius 1 is 0.614 bits per heavy atom. The maximum atomic E-state index is 13.7. The van der Waals surface area contributed by atoms with Crippen molar-refractivity contribution in [2.24, 2.45) is 0 Å². The molecule has 3 heterocycles. The molecule has 390 valence electrons. The standard InChI is InChI=1S/C40H57N7O20S3/c1-25-20-29(32(49)38(55)45(25)11-5-17-68(58,59)60)35(52)41-9-14-44(15-10-42-36(53)30-21-26(2)46(39(56)33(30)50)12-6-18-69(61,62)63)23-28(8-4-16-67-24-48)43-37(54)31-22-27(3)47(40(57)34(31)51)13-7-19-70(64,65)66/h20-22,24,28,49-51H,4-19,23H2,1-3H3,(H,41,52)(H,42,53)(H,43,54)(H,58,59,60)(H,61,62,63)(H,64,65,66). The number of rotatable bonds is 29. The second-order valence-corrected chi connectivity index (χ2v) is 20.7. The number of aryl methyl sites for hydroxylation is 3. The Hall–Kier alpha value is -6.18. The Bertz CT molecular complexity index is 2810. The lowest BCUT2D eigenvalue weighted by Crippen LogP contribution is -2.48. The molecule has 0 aliphatic carbocycles. The van der Waals surface area contributed by atoms with E-state index in [9.17, 15) is 74.1 Å². The molecular formula is C40H57N7O20S3. The van der Waals surface area contributed by atoms with Gasteiger partial charge in [-0.1, -0.05) is 0 Å². The van der Waals surface area contributed by atoms with Gasteiger partial charge in [0.15, 0.2) is 17.2 Å². The van der Waals surface area contributed by atoms with E-state index >= 15 is 0 Å². The van der Waals surface area contributed by atoms with E-state index in [0.717, 1.165) is 13.7 Å². The van der Waals surface area contributed by atoms with Crippen molar-refractivity contribution in [1.29, 1.82) is 0 Å². The minimum atomic E-state index is -4.36. The summed E-state index contributed by atoms with van der Waals surface area (Å²) in [5.41, 5.74) is -3.89. The van der Waals surface area contributed by atoms with Crippen LogP contribution in [0, 0.1) is 20.8 Å². The average molecular weight is 1050 g/mol. The van der Waals surface area contributed by atoms with E-state index in [4.69, 9.17) is 18.4 Å². The fraction of sp³-hybridized carbons (Fsp3) is 0.525. The van der Waals surface area contributed by atoms with Crippen LogP contribution in [0.3, 0.4) is 0 Å². The quantitative estimate of drug-likeness (QED) is 0.0212. The zero-order valence-corrected chi connectivity index (χ0v) is 40.8. The topological polar surface area (TPSA) is 407 Å². The molecule has 3 aromatic heterocycles. The molecule has 0 fully saturated rings. The van der Waals surface area contributed by atoms with Crippen LogP contribution in [0.4, 0.5) is 0 Å². The molecule has 1 atom stereocenters. The number of nitrogens with zero attached hydrogens (tertiary/aromatic N) is 4. The molecule has 3 amide bonds. The summed E-state index contributed by atoms with van der Waals surface area (Å²) in [7, 11) is -13.0. The summed E-state index contributed by atoms with van der Waals surface area (Å²) in [5, 5.41) is 40.0. The Balaban J connectivity index is 1.91. The van der Waals surface area contributed by atoms with Crippen LogP contribution in [0.1, 0.15) is 80.3 Å². The fourth-order valence-electron chi connectivity index (χ4n) is 7.23. The molecule has 3 aromatic rings. The number of ether oxygens (including phenoxy) is 1. The van der Waals surface area contributed by atoms with E-state index in [1.54, 1.807) is 4.90 Å². The second-order valence-electron chi connectivity index (χ2n) is 16.0. The van der Waals surface area contributed by atoms with Gasteiger partial charge in [-0.3, -0.25) is 52.1 Å². The molecule has 9 N–H and O–H groups in total. The molecular weight excluding hydrogens is 995 g/mol. The van der Waals surface area contributed by atoms with E-state index in [1.807, 2.05) is 0 Å². The van der Waals surface area contributed by atoms with Gasteiger partial charge < -0.3 is 49.7 Å². The van der Waals surface area contributed by atoms with Gasteiger partial charge in [-0.2, -0.15) is 25.3 Å². The van der Waals surface area contributed by atoms with Crippen molar-refractivity contribution in [1.82, 2.24) is 34.6 Å². The first-order valence-corrected chi connectivity index (χ1v) is 26.2. The van der Waals surface area contributed by atoms with Gasteiger partial charge in [-0.05, 0) is 71.1 Å². The van der Waals surface area contributed by atoms with Crippen LogP contribution < -0.4 is 32.6 Å². The van der Waals surface area contributed by atoms with Crippen molar-refractivity contribution in [3.63, 3.8) is 0 Å². The third-order valence-corrected chi connectivity index (χ3v) is 13.1. The molecule has 0 saturated heterocycles. The minimum absolute atomic E-state index is 0.0841. The predicted molar refractivity (Wildman–Crippen MR) is 248 cm³/mol. The molecule has 3 rings (SSSR count). The van der Waals surface area contributed by atoms with Gasteiger partial charge in [-0.15, -0.1) is 0 Å². The van der Waals surface area contributed by atoms with E-state index in [1.165, 1.54) is 39.0 Å². The third kappa shape index (κ3) is 18.0. The van der Waals surface area contributed by atoms with Gasteiger partial charge in [0.05, 0.1) is 40.6 Å². The van der Waals surface area contributed by atoms with Gasteiger partial charge in [-0.25, -0.2) is 0 Å². The maximum Gasteiger partial charge on any atom is 0.293 e. The van der Waals surface area contributed by atoms with E-state index in [0.29, 0.717) is 0 Å². The SMILES string of the molecule is Cc1cc(C(=O)NCCN(CCNC(=O)c2cc(C)n(CCCS(=O)(=O)O)c(=O)c2O)CC(CCCOC=O)NC(=O)c2cc(C)n(CCCS(=O)(=O)O)c(=O)c2O)c(O)c(=O)n1CCCS(=O)(=O)O. The monoisotopic (exact) mass is 1050 g/mol. The molecule has 1 unspecified atom stereocenters. The Morgan fingerprint density at radius 3 is 1.29 bits per heavy atom. The van der Waals surface area contributed by atoms with Gasteiger partial charge in [0, 0.05) is 75.5 Å². The molecule has 0 aliphatic heterocycles. The lowest BCUT2D eigenvalue weighted by atomic mass is 10.1. The highest BCUT2D eigenvalue weighted by atomic mass is 32.2. The molecule has 0 aliphatic rings. The normalized spacial score (nSPS) is 12.4. The lowest BCUT2D eigenvalue weighted by molar-refractivity contribution is -0.128. The number of nitrogens with one attached hydrogen (secondary N) is 3. The van der Waals surface area contributed by atoms with Crippen LogP contribution >= 0.6 is 0 Å². The molecule has 0 bridgehead atoms. The molecule has 0 saturated carbocycles. The molecule has 27 nitrogen and oxygen atoms in total. The number of hydrogen-bond acceptors (Lipinski definition) is 18. The summed E-state index contributed by atoms with van der Waals surface area (Å²) < 4.78 is 102. The van der Waals surface area contributed by atoms with Gasteiger partial charge >= 0.3 is 0 Å². The Morgan fingerprint density at radius 2 is 0.957 bits per heavy atom. The summed E-state index contributed by atoms with van der Waals surface area (Å²) in [6.45, 7) is 2.99. The van der Waals surface area contributed by atoms with Crippen LogP contribution in [-0.4, -0.2) is 160 Å². The summed E-state index contributed by atoms with van der Waals surface area (Å²) in [4.78, 5) is 91.9. The van der Waals surface area contributed by atoms with Crippen molar-refractivity contribution < 1.29 is 78.1 Å². The van der Waals surface area contributed by atoms with Crippen molar-refractivity contribution in [2.75, 3.05) is 56.6 Å². The maximum absolute atomic E-state index is 13.7. The van der Waals surface area contributed by atoms with Gasteiger partial charge in [0.2, 0.25) is 0 Å². The first-order chi connectivity index (χ1) is 32.5. The van der Waals surface area contributed by atoms with E-state index in [-0.39, 0.29) is 115 Å². The smallest absolute Gasteiger partial charge is 0.293 e. The summed E-state index contributed by atoms with van der Waals surface area (Å²) in [6, 6.07) is 2.65. The molecule has 70 heavy (non-hydrogen) atoms. The summed E-state index contributed by atoms with van der Waals surface area (Å²) >= 11 is 0. The van der Waals surface area contributed by atoms with Crippen LogP contribution in [0.2, 0.25) is 0 Å². The largest absolute Gasteiger partial charge is 0.502 e. The van der Waals surface area contributed by atoms with Gasteiger partial charge in [0.25, 0.3) is 71.2 Å². The molecule has 0 aromatic carbocycles. The fourth-order valence-corrected chi connectivity index (χ4v) is 8.71. The van der Waals surface area contributed by atoms with Crippen molar-refractivity contribution >= 4 is 54.5 Å². The highest BCUT2D eigenvalue weighted by Crippen LogP contribution is 2.18. The highest BCUT2D eigenvalue weighted by molar-refractivity contribution is 7.86. The molecule has 30 heteroatoms. The van der Waals surface area contributed by atoms with E-state index in [2.05, 4.69) is 16.0 Å². The van der Waals surface area contributed by atoms with Crippen molar-refractivity contribution in [2.45, 2.75) is 78.6 Å². The second kappa shape index (κ2) is 25.6. The Kier molecular flexibility index (Phi) is 21.3. The zero-order valence-electron chi connectivity index (χ0n) is 38.3. The van der Waals surface area contributed by atoms with E-state index < -0.39 is 122 Å². The number of aromatic hydroxyl groups is 3. The highest BCUT2D eigenvalue weighted by Gasteiger charge is 2.25. The minimum Gasteiger partial charge on any atom is -0.502 e. The lowest BCUT2D eigenvalue weighted by Gasteiger charge is -2.29. The number of pyridine rings is 3. The van der Waals surface area contributed by atoms with Crippen LogP contribution in [0.15, 0.2) is 32.6 Å². The van der Waals surface area contributed by atoms with Crippen LogP contribution in [0.5, 0.6) is 17.2 Å². The summed E-state index contributed by atoms with van der Waals surface area (Å²) in [5.74, 6) is -7.67. The average Bonchev–Trinajstić information content (AvgIpc) is 3.25. The summed E-state index contributed by atoms with van der Waals surface area (Å²) in [6.07, 6.45) is -0.329. The van der Waals surface area contributed by atoms with Crippen LogP contribution in [0.25, 0.3) is 0 Å². The first kappa shape index (κ1) is 58.1. The number of amides is 3. The first-order valence-electron chi connectivity index (χ1n) is 21.4. The Labute approximate surface area is 401 Å². The van der Waals surface area contributed by atoms with Crippen molar-refractivity contribution in [3.05, 3.63) is 83.0 Å². The van der Waals surface area contributed by atoms with Gasteiger partial charge in [0.1, 0.15) is 0 Å². The molecule has 0 spiro atoms. The number of hydrogen-bond donors (Lipinski definition) is 9. The van der Waals surface area contributed by atoms with Crippen molar-refractivity contribution in [3.8, 4) is 17.2 Å². The number of carbonyl (C=O) groups excluding carboxylic acids is 4. The van der Waals surface area contributed by atoms with Crippen LogP contribution in [-0.2, 0) is 59.5 Å². The third-order valence-electron chi connectivity index (χ3n) is 10.7. The number of aromatic nitrogens is 3. The molecule has 0 radical (unpaired) electrons. The predicted octanol–water partition coefficient (Wildman–Crippen LogP) is -1.74. The zero-order chi connectivity index (χ0) is 52.7.